The summed E-state index contributed by atoms with van der Waals surface area (Å²) in [6, 6.07) is 6.34. The van der Waals surface area contributed by atoms with Gasteiger partial charge in [0, 0.05) is 6.54 Å². The normalized spacial score (nSPS) is 10.8. The zero-order chi connectivity index (χ0) is 12.3. The maximum atomic E-state index is 4.17. The molecular formula is C13H18N4. The third-order valence-corrected chi connectivity index (χ3v) is 2.71. The third kappa shape index (κ3) is 2.71. The van der Waals surface area contributed by atoms with Crippen molar-refractivity contribution >= 4 is 0 Å². The van der Waals surface area contributed by atoms with E-state index in [4.69, 9.17) is 0 Å². The highest BCUT2D eigenvalue weighted by atomic mass is 15.4. The van der Waals surface area contributed by atoms with Crippen LogP contribution in [0, 0.1) is 13.8 Å². The number of benzene rings is 1. The van der Waals surface area contributed by atoms with E-state index in [0.717, 1.165) is 24.5 Å². The fourth-order valence-electron chi connectivity index (χ4n) is 1.72. The van der Waals surface area contributed by atoms with E-state index in [2.05, 4.69) is 54.6 Å². The molecule has 0 aliphatic heterocycles. The van der Waals surface area contributed by atoms with Crippen molar-refractivity contribution in [2.45, 2.75) is 27.3 Å². The average molecular weight is 230 g/mol. The lowest BCUT2D eigenvalue weighted by Crippen LogP contribution is -2.11. The molecule has 4 nitrogen and oxygen atoms in total. The zero-order valence-electron chi connectivity index (χ0n) is 10.6. The molecule has 90 valence electrons. The number of aromatic nitrogens is 3. The summed E-state index contributed by atoms with van der Waals surface area (Å²) in [5.41, 5.74) is 4.50. The van der Waals surface area contributed by atoms with Gasteiger partial charge in [-0.05, 0) is 37.6 Å². The highest BCUT2D eigenvalue weighted by molar-refractivity contribution is 5.42. The Kier molecular flexibility index (Phi) is 3.54. The van der Waals surface area contributed by atoms with Gasteiger partial charge >= 0.3 is 0 Å². The van der Waals surface area contributed by atoms with Crippen LogP contribution in [0.4, 0.5) is 0 Å². The Labute approximate surface area is 102 Å². The summed E-state index contributed by atoms with van der Waals surface area (Å²) in [6.07, 6.45) is 1.98. The van der Waals surface area contributed by atoms with Crippen molar-refractivity contribution in [3.63, 3.8) is 0 Å². The number of aryl methyl sites for hydroxylation is 2. The Balaban J connectivity index is 2.27. The van der Waals surface area contributed by atoms with Gasteiger partial charge in [-0.1, -0.05) is 24.3 Å². The predicted molar refractivity (Wildman–Crippen MR) is 68.2 cm³/mol. The van der Waals surface area contributed by atoms with Crippen molar-refractivity contribution in [1.29, 1.82) is 0 Å². The fraction of sp³-hybridized carbons (Fsp3) is 0.385. The van der Waals surface area contributed by atoms with Gasteiger partial charge in [0.2, 0.25) is 0 Å². The lowest BCUT2D eigenvalue weighted by Gasteiger charge is -2.05. The quantitative estimate of drug-likeness (QED) is 0.873. The van der Waals surface area contributed by atoms with E-state index >= 15 is 0 Å². The van der Waals surface area contributed by atoms with Gasteiger partial charge in [0.15, 0.2) is 0 Å². The van der Waals surface area contributed by atoms with E-state index in [0.29, 0.717) is 0 Å². The molecule has 17 heavy (non-hydrogen) atoms. The molecule has 2 rings (SSSR count). The summed E-state index contributed by atoms with van der Waals surface area (Å²) in [7, 11) is 0. The summed E-state index contributed by atoms with van der Waals surface area (Å²) >= 11 is 0. The lowest BCUT2D eigenvalue weighted by atomic mass is 10.1. The van der Waals surface area contributed by atoms with Gasteiger partial charge in [-0.3, -0.25) is 0 Å². The van der Waals surface area contributed by atoms with Crippen LogP contribution in [0.3, 0.4) is 0 Å². The van der Waals surface area contributed by atoms with Gasteiger partial charge in [0.1, 0.15) is 0 Å². The number of hydrogen-bond donors (Lipinski definition) is 1. The largest absolute Gasteiger partial charge is 0.311 e. The van der Waals surface area contributed by atoms with Crippen LogP contribution in [0.2, 0.25) is 0 Å². The second-order valence-corrected chi connectivity index (χ2v) is 4.22. The van der Waals surface area contributed by atoms with Crippen molar-refractivity contribution in [1.82, 2.24) is 20.3 Å². The molecule has 0 amide bonds. The van der Waals surface area contributed by atoms with Crippen molar-refractivity contribution in [2.24, 2.45) is 0 Å². The molecule has 0 fully saturated rings. The van der Waals surface area contributed by atoms with Crippen LogP contribution in [0.25, 0.3) is 5.69 Å². The number of hydrogen-bond acceptors (Lipinski definition) is 3. The first kappa shape index (κ1) is 11.8. The lowest BCUT2D eigenvalue weighted by molar-refractivity contribution is 0.705. The van der Waals surface area contributed by atoms with Crippen LogP contribution >= 0.6 is 0 Å². The Bertz CT molecular complexity index is 502. The molecule has 0 aliphatic carbocycles. The van der Waals surface area contributed by atoms with Crippen LogP contribution in [-0.2, 0) is 6.54 Å². The molecule has 0 saturated heterocycles. The van der Waals surface area contributed by atoms with Crippen LogP contribution in [0.1, 0.15) is 23.7 Å². The standard InChI is InChI=1S/C13H18N4/c1-4-14-8-12-9-17(16-15-12)13-7-10(2)5-6-11(13)3/h5-7,9,14H,4,8H2,1-3H3. The van der Waals surface area contributed by atoms with Crippen LogP contribution in [0.5, 0.6) is 0 Å². The summed E-state index contributed by atoms with van der Waals surface area (Å²) in [5, 5.41) is 11.6. The molecule has 0 bridgehead atoms. The average Bonchev–Trinajstić information content (AvgIpc) is 2.78. The summed E-state index contributed by atoms with van der Waals surface area (Å²) in [5.74, 6) is 0. The molecule has 1 aromatic heterocycles. The van der Waals surface area contributed by atoms with Gasteiger partial charge < -0.3 is 5.32 Å². The smallest absolute Gasteiger partial charge is 0.0969 e. The molecule has 0 atom stereocenters. The summed E-state index contributed by atoms with van der Waals surface area (Å²) in [4.78, 5) is 0. The first-order valence-electron chi connectivity index (χ1n) is 5.90. The number of nitrogens with zero attached hydrogens (tertiary/aromatic N) is 3. The van der Waals surface area contributed by atoms with E-state index < -0.39 is 0 Å². The van der Waals surface area contributed by atoms with Gasteiger partial charge in [0.05, 0.1) is 17.6 Å². The highest BCUT2D eigenvalue weighted by Crippen LogP contribution is 2.14. The second kappa shape index (κ2) is 5.10. The predicted octanol–water partition coefficient (Wildman–Crippen LogP) is 1.99. The Morgan fingerprint density at radius 3 is 2.88 bits per heavy atom. The third-order valence-electron chi connectivity index (χ3n) is 2.71. The molecule has 4 heteroatoms. The molecular weight excluding hydrogens is 212 g/mol. The topological polar surface area (TPSA) is 42.7 Å². The monoisotopic (exact) mass is 230 g/mol. The van der Waals surface area contributed by atoms with Gasteiger partial charge in [-0.2, -0.15) is 0 Å². The molecule has 0 saturated carbocycles. The van der Waals surface area contributed by atoms with E-state index in [1.54, 1.807) is 0 Å². The Morgan fingerprint density at radius 1 is 1.29 bits per heavy atom. The highest BCUT2D eigenvalue weighted by Gasteiger charge is 2.05. The molecule has 1 heterocycles. The molecule has 1 aromatic carbocycles. The zero-order valence-corrected chi connectivity index (χ0v) is 10.6. The molecule has 0 radical (unpaired) electrons. The maximum Gasteiger partial charge on any atom is 0.0969 e. The van der Waals surface area contributed by atoms with Crippen LogP contribution < -0.4 is 5.32 Å². The van der Waals surface area contributed by atoms with Crippen molar-refractivity contribution in [3.8, 4) is 5.69 Å². The maximum absolute atomic E-state index is 4.17. The number of nitrogens with one attached hydrogen (secondary N) is 1. The Morgan fingerprint density at radius 2 is 2.12 bits per heavy atom. The SMILES string of the molecule is CCNCc1cn(-c2cc(C)ccc2C)nn1. The van der Waals surface area contributed by atoms with Gasteiger partial charge in [-0.25, -0.2) is 4.68 Å². The van der Waals surface area contributed by atoms with Gasteiger partial charge in [-0.15, -0.1) is 5.10 Å². The number of rotatable bonds is 4. The Hall–Kier alpha value is -1.68. The molecule has 0 unspecified atom stereocenters. The van der Waals surface area contributed by atoms with E-state index in [-0.39, 0.29) is 0 Å². The van der Waals surface area contributed by atoms with Crippen LogP contribution in [0.15, 0.2) is 24.4 Å². The molecule has 0 aliphatic rings. The molecule has 2 aromatic rings. The minimum atomic E-state index is 0.765. The minimum Gasteiger partial charge on any atom is -0.311 e. The van der Waals surface area contributed by atoms with Crippen LogP contribution in [-0.4, -0.2) is 21.5 Å². The van der Waals surface area contributed by atoms with E-state index in [1.165, 1.54) is 11.1 Å². The van der Waals surface area contributed by atoms with Crippen molar-refractivity contribution < 1.29 is 0 Å². The molecule has 1 N–H and O–H groups in total. The van der Waals surface area contributed by atoms with E-state index in [9.17, 15) is 0 Å². The first-order valence-corrected chi connectivity index (χ1v) is 5.90. The minimum absolute atomic E-state index is 0.765. The van der Waals surface area contributed by atoms with Gasteiger partial charge in [0.25, 0.3) is 0 Å². The first-order chi connectivity index (χ1) is 8.20. The second-order valence-electron chi connectivity index (χ2n) is 4.22. The summed E-state index contributed by atoms with van der Waals surface area (Å²) in [6.45, 7) is 7.95. The van der Waals surface area contributed by atoms with Crippen molar-refractivity contribution in [2.75, 3.05) is 6.54 Å². The fourth-order valence-corrected chi connectivity index (χ4v) is 1.72. The van der Waals surface area contributed by atoms with Crippen molar-refractivity contribution in [3.05, 3.63) is 41.2 Å². The summed E-state index contributed by atoms with van der Waals surface area (Å²) < 4.78 is 1.84. The van der Waals surface area contributed by atoms with E-state index in [1.807, 2.05) is 10.9 Å². The molecule has 0 spiro atoms.